The summed E-state index contributed by atoms with van der Waals surface area (Å²) in [5, 5.41) is 3.91. The van der Waals surface area contributed by atoms with E-state index in [1.165, 1.54) is 0 Å². The lowest BCUT2D eigenvalue weighted by Crippen LogP contribution is -2.29. The molecule has 0 saturated carbocycles. The molecule has 1 aromatic heterocycles. The first-order valence-electron chi connectivity index (χ1n) is 9.04. The van der Waals surface area contributed by atoms with E-state index < -0.39 is 0 Å². The third kappa shape index (κ3) is 4.86. The molecule has 4 nitrogen and oxygen atoms in total. The summed E-state index contributed by atoms with van der Waals surface area (Å²) in [5.74, 6) is 6.43. The highest BCUT2D eigenvalue weighted by Crippen LogP contribution is 2.22. The van der Waals surface area contributed by atoms with Gasteiger partial charge in [0.1, 0.15) is 17.9 Å². The predicted molar refractivity (Wildman–Crippen MR) is 107 cm³/mol. The molecule has 0 aliphatic carbocycles. The number of aromatic nitrogens is 1. The molecule has 0 radical (unpaired) electrons. The monoisotopic (exact) mass is 358 g/mol. The fourth-order valence-electron chi connectivity index (χ4n) is 2.93. The molecule has 136 valence electrons. The van der Waals surface area contributed by atoms with Gasteiger partial charge in [0.05, 0.1) is 12.5 Å². The van der Waals surface area contributed by atoms with Gasteiger partial charge in [-0.1, -0.05) is 67.3 Å². The van der Waals surface area contributed by atoms with Gasteiger partial charge >= 0.3 is 0 Å². The number of para-hydroxylation sites is 1. The summed E-state index contributed by atoms with van der Waals surface area (Å²) in [6.45, 7) is 2.57. The molecule has 0 spiro atoms. The summed E-state index contributed by atoms with van der Waals surface area (Å²) < 4.78 is 5.72. The first kappa shape index (κ1) is 18.5. The summed E-state index contributed by atoms with van der Waals surface area (Å²) in [7, 11) is 0. The zero-order valence-electron chi connectivity index (χ0n) is 15.3. The Hall–Kier alpha value is -3.32. The van der Waals surface area contributed by atoms with Crippen molar-refractivity contribution < 1.29 is 9.53 Å². The highest BCUT2D eigenvalue weighted by atomic mass is 16.5. The maximum Gasteiger partial charge on any atom is 0.228 e. The smallest absolute Gasteiger partial charge is 0.228 e. The van der Waals surface area contributed by atoms with Gasteiger partial charge in [0.2, 0.25) is 5.91 Å². The molecule has 4 heteroatoms. The maximum absolute atomic E-state index is 12.4. The fraction of sp³-hybridized carbons (Fsp3) is 0.217. The van der Waals surface area contributed by atoms with Crippen LogP contribution in [0.1, 0.15) is 24.8 Å². The molecule has 27 heavy (non-hydrogen) atoms. The second kappa shape index (κ2) is 9.40. The van der Waals surface area contributed by atoms with E-state index >= 15 is 0 Å². The van der Waals surface area contributed by atoms with E-state index in [1.54, 1.807) is 6.20 Å². The number of hydrogen-bond acceptors (Lipinski definition) is 3. The van der Waals surface area contributed by atoms with Crippen molar-refractivity contribution in [2.75, 3.05) is 13.2 Å². The molecule has 0 saturated heterocycles. The Morgan fingerprint density at radius 2 is 1.89 bits per heavy atom. The number of ether oxygens (including phenoxy) is 1. The molecular weight excluding hydrogens is 336 g/mol. The number of rotatable bonds is 6. The van der Waals surface area contributed by atoms with E-state index in [-0.39, 0.29) is 18.4 Å². The van der Waals surface area contributed by atoms with Crippen LogP contribution in [0.2, 0.25) is 0 Å². The van der Waals surface area contributed by atoms with E-state index in [0.29, 0.717) is 12.3 Å². The van der Waals surface area contributed by atoms with Crippen LogP contribution in [0.15, 0.2) is 66.9 Å². The summed E-state index contributed by atoms with van der Waals surface area (Å²) in [5.41, 5.74) is 1.85. The number of hydrogen-bond donors (Lipinski definition) is 1. The Kier molecular flexibility index (Phi) is 6.43. The van der Waals surface area contributed by atoms with Gasteiger partial charge in [-0.05, 0) is 24.1 Å². The molecule has 1 amide bonds. The highest BCUT2D eigenvalue weighted by Gasteiger charge is 2.17. The van der Waals surface area contributed by atoms with Crippen molar-refractivity contribution in [1.82, 2.24) is 10.3 Å². The van der Waals surface area contributed by atoms with Gasteiger partial charge < -0.3 is 10.1 Å². The average Bonchev–Trinajstić information content (AvgIpc) is 2.72. The van der Waals surface area contributed by atoms with Crippen LogP contribution in [0.25, 0.3) is 10.9 Å². The van der Waals surface area contributed by atoms with Crippen LogP contribution in [0.4, 0.5) is 0 Å². The lowest BCUT2D eigenvalue weighted by atomic mass is 9.96. The van der Waals surface area contributed by atoms with Crippen LogP contribution in [0, 0.1) is 11.8 Å². The van der Waals surface area contributed by atoms with E-state index in [0.717, 1.165) is 22.9 Å². The van der Waals surface area contributed by atoms with Crippen LogP contribution in [0.3, 0.4) is 0 Å². The van der Waals surface area contributed by atoms with E-state index in [9.17, 15) is 4.79 Å². The standard InChI is InChI=1S/C23H22N2O2/c1-2-20(18-10-4-3-5-11-18)23(26)25-15-6-7-17-27-21-14-8-12-19-13-9-16-24-22(19)21/h3-5,8-14,16,20H,2,15,17H2,1H3,(H,25,26). The average molecular weight is 358 g/mol. The maximum atomic E-state index is 12.4. The van der Waals surface area contributed by atoms with Gasteiger partial charge in [-0.3, -0.25) is 9.78 Å². The van der Waals surface area contributed by atoms with Crippen molar-refractivity contribution in [3.05, 3.63) is 72.4 Å². The van der Waals surface area contributed by atoms with Crippen LogP contribution >= 0.6 is 0 Å². The number of fused-ring (bicyclic) bond motifs is 1. The summed E-state index contributed by atoms with van der Waals surface area (Å²) >= 11 is 0. The molecule has 0 bridgehead atoms. The fourth-order valence-corrected chi connectivity index (χ4v) is 2.93. The first-order chi connectivity index (χ1) is 13.3. The predicted octanol–water partition coefficient (Wildman–Crippen LogP) is 3.93. The Balaban J connectivity index is 1.50. The molecular formula is C23H22N2O2. The van der Waals surface area contributed by atoms with Crippen molar-refractivity contribution in [3.8, 4) is 17.6 Å². The number of benzene rings is 2. The SMILES string of the molecule is CCC(C(=O)NCC#CCOc1cccc2cccnc12)c1ccccc1. The normalized spacial score (nSPS) is 11.3. The van der Waals surface area contributed by atoms with Crippen LogP contribution < -0.4 is 10.1 Å². The molecule has 0 fully saturated rings. The molecule has 2 aromatic carbocycles. The van der Waals surface area contributed by atoms with Gasteiger partial charge in [-0.25, -0.2) is 0 Å². The Morgan fingerprint density at radius 3 is 2.70 bits per heavy atom. The van der Waals surface area contributed by atoms with Gasteiger partial charge in [0, 0.05) is 11.6 Å². The summed E-state index contributed by atoms with van der Waals surface area (Å²) in [4.78, 5) is 16.7. The molecule has 1 N–H and O–H groups in total. The number of carbonyl (C=O) groups excluding carboxylic acids is 1. The summed E-state index contributed by atoms with van der Waals surface area (Å²) in [6, 6.07) is 19.5. The molecule has 0 aliphatic rings. The van der Waals surface area contributed by atoms with E-state index in [2.05, 4.69) is 22.1 Å². The minimum atomic E-state index is -0.147. The molecule has 3 aromatic rings. The zero-order chi connectivity index (χ0) is 18.9. The number of pyridine rings is 1. The van der Waals surface area contributed by atoms with Crippen molar-refractivity contribution in [2.45, 2.75) is 19.3 Å². The van der Waals surface area contributed by atoms with Gasteiger partial charge in [0.25, 0.3) is 0 Å². The van der Waals surface area contributed by atoms with E-state index in [4.69, 9.17) is 4.74 Å². The molecule has 1 unspecified atom stereocenters. The Bertz CT molecular complexity index is 953. The second-order valence-electron chi connectivity index (χ2n) is 6.06. The minimum Gasteiger partial charge on any atom is -0.479 e. The van der Waals surface area contributed by atoms with Crippen LogP contribution in [0.5, 0.6) is 5.75 Å². The number of carbonyl (C=O) groups is 1. The van der Waals surface area contributed by atoms with Gasteiger partial charge in [-0.2, -0.15) is 0 Å². The van der Waals surface area contributed by atoms with E-state index in [1.807, 2.05) is 67.6 Å². The van der Waals surface area contributed by atoms with Gasteiger partial charge in [0.15, 0.2) is 0 Å². The van der Waals surface area contributed by atoms with Crippen LogP contribution in [-0.2, 0) is 4.79 Å². The van der Waals surface area contributed by atoms with Crippen molar-refractivity contribution >= 4 is 16.8 Å². The molecule has 3 rings (SSSR count). The van der Waals surface area contributed by atoms with Crippen molar-refractivity contribution in [3.63, 3.8) is 0 Å². The number of amides is 1. The third-order valence-corrected chi connectivity index (χ3v) is 4.30. The van der Waals surface area contributed by atoms with Gasteiger partial charge in [-0.15, -0.1) is 0 Å². The summed E-state index contributed by atoms with van der Waals surface area (Å²) in [6.07, 6.45) is 2.49. The molecule has 0 aliphatic heterocycles. The lowest BCUT2D eigenvalue weighted by molar-refractivity contribution is -0.122. The quantitative estimate of drug-likeness (QED) is 0.680. The molecule has 1 atom stereocenters. The largest absolute Gasteiger partial charge is 0.479 e. The van der Waals surface area contributed by atoms with Crippen molar-refractivity contribution in [2.24, 2.45) is 0 Å². The number of nitrogens with zero attached hydrogens (tertiary/aromatic N) is 1. The zero-order valence-corrected chi connectivity index (χ0v) is 15.3. The number of nitrogens with one attached hydrogen (secondary N) is 1. The Labute approximate surface area is 159 Å². The first-order valence-corrected chi connectivity index (χ1v) is 9.04. The molecule has 1 heterocycles. The van der Waals surface area contributed by atoms with Crippen LogP contribution in [-0.4, -0.2) is 24.0 Å². The minimum absolute atomic E-state index is 0.00262. The topological polar surface area (TPSA) is 51.2 Å². The third-order valence-electron chi connectivity index (χ3n) is 4.30. The highest BCUT2D eigenvalue weighted by molar-refractivity contribution is 5.84. The second-order valence-corrected chi connectivity index (χ2v) is 6.06. The Morgan fingerprint density at radius 1 is 1.07 bits per heavy atom. The van der Waals surface area contributed by atoms with Crippen molar-refractivity contribution in [1.29, 1.82) is 0 Å². The lowest BCUT2D eigenvalue weighted by Gasteiger charge is -2.14.